The molecule has 0 N–H and O–H groups in total. The van der Waals surface area contributed by atoms with Gasteiger partial charge in [-0.15, -0.1) is 0 Å². The molecule has 0 radical (unpaired) electrons. The van der Waals surface area contributed by atoms with E-state index in [9.17, 15) is 0 Å². The number of hydrogen-bond acceptors (Lipinski definition) is 1. The molecule has 1 rings (SSSR count). The predicted octanol–water partition coefficient (Wildman–Crippen LogP) is 5.68. The van der Waals surface area contributed by atoms with E-state index in [-0.39, 0.29) is 0 Å². The molecule has 0 heterocycles. The van der Waals surface area contributed by atoms with E-state index in [2.05, 4.69) is 57.0 Å². The van der Waals surface area contributed by atoms with E-state index in [0.717, 1.165) is 24.1 Å². The van der Waals surface area contributed by atoms with E-state index in [1.165, 1.54) is 11.1 Å². The van der Waals surface area contributed by atoms with Crippen LogP contribution in [-0.2, 0) is 6.42 Å². The average Bonchev–Trinajstić information content (AvgIpc) is 2.35. The molecule has 0 unspecified atom stereocenters. The minimum Gasteiger partial charge on any atom is -0.241 e. The van der Waals surface area contributed by atoms with Gasteiger partial charge in [0.2, 0.25) is 0 Å². The van der Waals surface area contributed by atoms with Gasteiger partial charge in [-0.2, -0.15) is 0 Å². The van der Waals surface area contributed by atoms with Gasteiger partial charge in [-0.25, -0.2) is 4.99 Å². The van der Waals surface area contributed by atoms with Crippen molar-refractivity contribution in [2.45, 2.75) is 47.5 Å². The minimum absolute atomic E-state index is 0.583. The number of rotatable bonds is 5. The molecule has 0 saturated heterocycles. The second-order valence-corrected chi connectivity index (χ2v) is 5.94. The van der Waals surface area contributed by atoms with Crippen LogP contribution in [0.2, 0.25) is 0 Å². The van der Waals surface area contributed by atoms with Gasteiger partial charge in [0.25, 0.3) is 0 Å². The summed E-state index contributed by atoms with van der Waals surface area (Å²) in [7, 11) is 0. The molecule has 1 aromatic carbocycles. The van der Waals surface area contributed by atoms with Gasteiger partial charge in [0.15, 0.2) is 0 Å². The number of aliphatic imine (C=N–C) groups is 1. The van der Waals surface area contributed by atoms with Crippen molar-refractivity contribution < 1.29 is 0 Å². The maximum Gasteiger partial charge on any atom is 0.103 e. The van der Waals surface area contributed by atoms with E-state index < -0.39 is 0 Å². The van der Waals surface area contributed by atoms with Crippen LogP contribution in [-0.4, -0.2) is 5.17 Å². The fourth-order valence-electron chi connectivity index (χ4n) is 2.21. The normalized spacial score (nSPS) is 13.7. The highest BCUT2D eigenvalue weighted by atomic mass is 35.5. The van der Waals surface area contributed by atoms with Crippen molar-refractivity contribution in [3.8, 4) is 0 Å². The molecule has 0 atom stereocenters. The van der Waals surface area contributed by atoms with Crippen LogP contribution in [0.15, 0.2) is 34.8 Å². The molecule has 0 spiro atoms. The second kappa shape index (κ2) is 7.49. The van der Waals surface area contributed by atoms with Crippen molar-refractivity contribution in [2.75, 3.05) is 0 Å². The quantitative estimate of drug-likeness (QED) is 0.614. The maximum absolute atomic E-state index is 5.99. The molecule has 0 aromatic heterocycles. The topological polar surface area (TPSA) is 12.4 Å². The Hall–Kier alpha value is -1.08. The average molecular weight is 278 g/mol. The highest BCUT2D eigenvalue weighted by molar-refractivity contribution is 6.65. The van der Waals surface area contributed by atoms with Crippen molar-refractivity contribution in [1.82, 2.24) is 0 Å². The first-order valence-electron chi connectivity index (χ1n) is 6.93. The standard InChI is InChI=1S/C17H24ClN/c1-6-15-8-7-9-16(11-15)17(19-14(5)18)13(4)10-12(2)3/h7-9,11-12H,6,10H2,1-5H3/b17-13+,19-14?. The molecule has 0 amide bonds. The molecule has 0 aliphatic rings. The van der Waals surface area contributed by atoms with Crippen LogP contribution in [0, 0.1) is 5.92 Å². The first-order valence-corrected chi connectivity index (χ1v) is 7.31. The summed E-state index contributed by atoms with van der Waals surface area (Å²) in [6.45, 7) is 10.6. The lowest BCUT2D eigenvalue weighted by Crippen LogP contribution is -1.95. The van der Waals surface area contributed by atoms with Gasteiger partial charge in [0, 0.05) is 5.56 Å². The van der Waals surface area contributed by atoms with Gasteiger partial charge < -0.3 is 0 Å². The lowest BCUT2D eigenvalue weighted by Gasteiger charge is -2.12. The number of nitrogens with zero attached hydrogens (tertiary/aromatic N) is 1. The smallest absolute Gasteiger partial charge is 0.103 e. The summed E-state index contributed by atoms with van der Waals surface area (Å²) in [5.74, 6) is 0.621. The molecule has 1 aromatic rings. The largest absolute Gasteiger partial charge is 0.241 e. The molecule has 0 fully saturated rings. The van der Waals surface area contributed by atoms with Gasteiger partial charge >= 0.3 is 0 Å². The van der Waals surface area contributed by atoms with Crippen LogP contribution < -0.4 is 0 Å². The molecule has 0 bridgehead atoms. The van der Waals surface area contributed by atoms with Crippen LogP contribution in [0.4, 0.5) is 0 Å². The molecule has 0 aliphatic carbocycles. The number of aryl methyl sites for hydroxylation is 1. The first-order chi connectivity index (χ1) is 8.93. The molecule has 0 aliphatic heterocycles. The van der Waals surface area contributed by atoms with Crippen LogP contribution in [0.25, 0.3) is 5.70 Å². The van der Waals surface area contributed by atoms with Crippen molar-refractivity contribution in [1.29, 1.82) is 0 Å². The predicted molar refractivity (Wildman–Crippen MR) is 86.8 cm³/mol. The summed E-state index contributed by atoms with van der Waals surface area (Å²) in [5, 5.41) is 0.583. The van der Waals surface area contributed by atoms with Gasteiger partial charge in [-0.3, -0.25) is 0 Å². The summed E-state index contributed by atoms with van der Waals surface area (Å²) in [6, 6.07) is 8.57. The third-order valence-electron chi connectivity index (χ3n) is 2.99. The highest BCUT2D eigenvalue weighted by Crippen LogP contribution is 2.26. The molecule has 2 heteroatoms. The zero-order chi connectivity index (χ0) is 14.4. The highest BCUT2D eigenvalue weighted by Gasteiger charge is 2.08. The number of hydrogen-bond donors (Lipinski definition) is 0. The van der Waals surface area contributed by atoms with E-state index >= 15 is 0 Å². The molecule has 19 heavy (non-hydrogen) atoms. The Morgan fingerprint density at radius 2 is 1.95 bits per heavy atom. The third-order valence-corrected chi connectivity index (χ3v) is 3.08. The molecule has 0 saturated carbocycles. The van der Waals surface area contributed by atoms with Crippen LogP contribution in [0.3, 0.4) is 0 Å². The Labute approximate surface area is 122 Å². The number of benzene rings is 1. The fourth-order valence-corrected chi connectivity index (χ4v) is 2.29. The Balaban J connectivity index is 3.27. The van der Waals surface area contributed by atoms with E-state index in [0.29, 0.717) is 11.1 Å². The van der Waals surface area contributed by atoms with Crippen molar-refractivity contribution in [3.05, 3.63) is 41.0 Å². The third kappa shape index (κ3) is 5.20. The van der Waals surface area contributed by atoms with Crippen molar-refractivity contribution >= 4 is 22.5 Å². The van der Waals surface area contributed by atoms with E-state index in [1.807, 2.05) is 6.92 Å². The lowest BCUT2D eigenvalue weighted by atomic mass is 9.98. The first kappa shape index (κ1) is 16.0. The van der Waals surface area contributed by atoms with Crippen LogP contribution in [0.5, 0.6) is 0 Å². The zero-order valence-electron chi connectivity index (χ0n) is 12.6. The van der Waals surface area contributed by atoms with Gasteiger partial charge in [-0.1, -0.05) is 50.6 Å². The molecular weight excluding hydrogens is 254 g/mol. The van der Waals surface area contributed by atoms with Gasteiger partial charge in [-0.05, 0) is 49.8 Å². The maximum atomic E-state index is 5.99. The van der Waals surface area contributed by atoms with Crippen molar-refractivity contribution in [2.24, 2.45) is 10.9 Å². The lowest BCUT2D eigenvalue weighted by molar-refractivity contribution is 0.643. The number of allylic oxidation sites excluding steroid dienone is 1. The minimum atomic E-state index is 0.583. The summed E-state index contributed by atoms with van der Waals surface area (Å²) >= 11 is 5.99. The SMILES string of the molecule is CCc1cccc(/C(N=C(C)Cl)=C(/C)CC(C)C)c1. The van der Waals surface area contributed by atoms with E-state index in [4.69, 9.17) is 11.6 Å². The summed E-state index contributed by atoms with van der Waals surface area (Å²) in [6.07, 6.45) is 2.08. The second-order valence-electron chi connectivity index (χ2n) is 5.39. The molecule has 1 nitrogen and oxygen atoms in total. The molecular formula is C17H24ClN. The Kier molecular flexibility index (Phi) is 6.30. The summed E-state index contributed by atoms with van der Waals surface area (Å²) < 4.78 is 0. The monoisotopic (exact) mass is 277 g/mol. The summed E-state index contributed by atoms with van der Waals surface area (Å²) in [5.41, 5.74) is 4.81. The fraction of sp³-hybridized carbons (Fsp3) is 0.471. The molecule has 104 valence electrons. The van der Waals surface area contributed by atoms with E-state index in [1.54, 1.807) is 0 Å². The van der Waals surface area contributed by atoms with Gasteiger partial charge in [0.1, 0.15) is 5.17 Å². The van der Waals surface area contributed by atoms with Gasteiger partial charge in [0.05, 0.1) is 5.70 Å². The Morgan fingerprint density at radius 3 is 2.47 bits per heavy atom. The Bertz CT molecular complexity index is 480. The zero-order valence-corrected chi connectivity index (χ0v) is 13.4. The van der Waals surface area contributed by atoms with Crippen LogP contribution >= 0.6 is 11.6 Å². The Morgan fingerprint density at radius 1 is 1.26 bits per heavy atom. The van der Waals surface area contributed by atoms with Crippen molar-refractivity contribution in [3.63, 3.8) is 0 Å². The number of halogens is 1. The van der Waals surface area contributed by atoms with Crippen LogP contribution in [0.1, 0.15) is 52.2 Å². The summed E-state index contributed by atoms with van der Waals surface area (Å²) in [4.78, 5) is 4.54.